The van der Waals surface area contributed by atoms with Crippen molar-refractivity contribution in [3.05, 3.63) is 0 Å². The zero-order valence-electron chi connectivity index (χ0n) is 11.1. The van der Waals surface area contributed by atoms with Gasteiger partial charge in [-0.1, -0.05) is 19.8 Å². The van der Waals surface area contributed by atoms with Gasteiger partial charge in [-0.3, -0.25) is 4.79 Å². The lowest BCUT2D eigenvalue weighted by Crippen LogP contribution is -2.44. The number of aliphatic carboxylic acids is 1. The van der Waals surface area contributed by atoms with E-state index in [0.717, 1.165) is 25.7 Å². The van der Waals surface area contributed by atoms with Crippen molar-refractivity contribution in [2.24, 2.45) is 11.7 Å². The fourth-order valence-electron chi connectivity index (χ4n) is 2.29. The van der Waals surface area contributed by atoms with Crippen molar-refractivity contribution >= 4 is 11.9 Å². The van der Waals surface area contributed by atoms with Gasteiger partial charge in [-0.05, 0) is 31.7 Å². The van der Waals surface area contributed by atoms with Crippen LogP contribution in [0.2, 0.25) is 0 Å². The number of hydrogen-bond acceptors (Lipinski definition) is 3. The van der Waals surface area contributed by atoms with Crippen LogP contribution < -0.4 is 5.73 Å². The Morgan fingerprint density at radius 1 is 1.39 bits per heavy atom. The maximum atomic E-state index is 12.1. The van der Waals surface area contributed by atoms with Gasteiger partial charge in [0.2, 0.25) is 5.91 Å². The number of likely N-dealkylation sites (tertiary alicyclic amines) is 1. The van der Waals surface area contributed by atoms with Crippen LogP contribution in [0.4, 0.5) is 0 Å². The molecule has 0 radical (unpaired) electrons. The molecule has 1 aliphatic heterocycles. The molecule has 0 aromatic heterocycles. The summed E-state index contributed by atoms with van der Waals surface area (Å²) in [6, 6.07) is -0.631. The lowest BCUT2D eigenvalue weighted by Gasteiger charge is -2.27. The Morgan fingerprint density at radius 3 is 2.72 bits per heavy atom. The van der Waals surface area contributed by atoms with Crippen LogP contribution in [-0.2, 0) is 9.59 Å². The number of nitrogens with two attached hydrogens (primary N) is 1. The van der Waals surface area contributed by atoms with E-state index < -0.39 is 12.0 Å². The first-order valence-corrected chi connectivity index (χ1v) is 6.78. The van der Waals surface area contributed by atoms with Gasteiger partial charge in [0.05, 0.1) is 0 Å². The predicted octanol–water partition coefficient (Wildman–Crippen LogP) is 1.22. The maximum absolute atomic E-state index is 12.1. The fraction of sp³-hybridized carbons (Fsp3) is 0.846. The van der Waals surface area contributed by atoms with Crippen molar-refractivity contribution in [1.82, 2.24) is 4.90 Å². The first-order chi connectivity index (χ1) is 8.56. The van der Waals surface area contributed by atoms with Crippen molar-refractivity contribution in [2.45, 2.75) is 51.5 Å². The summed E-state index contributed by atoms with van der Waals surface area (Å²) in [6.45, 7) is 3.15. The van der Waals surface area contributed by atoms with Gasteiger partial charge in [0.25, 0.3) is 0 Å². The summed E-state index contributed by atoms with van der Waals surface area (Å²) in [7, 11) is 0. The highest BCUT2D eigenvalue weighted by atomic mass is 16.4. The third-order valence-corrected chi connectivity index (χ3v) is 3.61. The Balaban J connectivity index is 2.58. The molecule has 0 aromatic rings. The molecule has 1 aliphatic rings. The van der Waals surface area contributed by atoms with Crippen LogP contribution in [-0.4, -0.2) is 41.0 Å². The summed E-state index contributed by atoms with van der Waals surface area (Å²) in [5, 5.41) is 9.19. The minimum absolute atomic E-state index is 0.0374. The van der Waals surface area contributed by atoms with Crippen LogP contribution >= 0.6 is 0 Å². The van der Waals surface area contributed by atoms with Gasteiger partial charge in [-0.15, -0.1) is 0 Å². The van der Waals surface area contributed by atoms with Crippen LogP contribution in [0.3, 0.4) is 0 Å². The molecule has 0 saturated carbocycles. The molecule has 1 rings (SSSR count). The summed E-state index contributed by atoms with van der Waals surface area (Å²) in [6.07, 6.45) is 4.52. The molecule has 1 heterocycles. The van der Waals surface area contributed by atoms with Gasteiger partial charge in [0.15, 0.2) is 0 Å². The highest BCUT2D eigenvalue weighted by Gasteiger charge is 2.30. The molecule has 0 spiro atoms. The molecule has 2 atom stereocenters. The molecule has 0 aromatic carbocycles. The average Bonchev–Trinajstić information content (AvgIpc) is 2.60. The summed E-state index contributed by atoms with van der Waals surface area (Å²) in [5.41, 5.74) is 5.52. The van der Waals surface area contributed by atoms with Crippen molar-refractivity contribution < 1.29 is 14.7 Å². The normalized spacial score (nSPS) is 22.3. The van der Waals surface area contributed by atoms with Gasteiger partial charge in [-0.2, -0.15) is 0 Å². The number of hydrogen-bond donors (Lipinski definition) is 2. The zero-order chi connectivity index (χ0) is 13.5. The largest absolute Gasteiger partial charge is 0.480 e. The van der Waals surface area contributed by atoms with E-state index in [0.29, 0.717) is 31.8 Å². The molecule has 2 unspecified atom stereocenters. The molecule has 1 amide bonds. The van der Waals surface area contributed by atoms with Crippen LogP contribution in [0.25, 0.3) is 0 Å². The van der Waals surface area contributed by atoms with E-state index in [1.54, 1.807) is 4.90 Å². The smallest absolute Gasteiger partial charge is 0.326 e. The number of nitrogens with zero attached hydrogens (tertiary/aromatic N) is 1. The van der Waals surface area contributed by atoms with Crippen LogP contribution in [0.1, 0.15) is 45.4 Å². The van der Waals surface area contributed by atoms with Crippen LogP contribution in [0.5, 0.6) is 0 Å². The molecule has 104 valence electrons. The third kappa shape index (κ3) is 4.29. The topological polar surface area (TPSA) is 83.6 Å². The van der Waals surface area contributed by atoms with E-state index in [4.69, 9.17) is 5.73 Å². The van der Waals surface area contributed by atoms with E-state index in [-0.39, 0.29) is 5.91 Å². The van der Waals surface area contributed by atoms with Crippen molar-refractivity contribution in [3.8, 4) is 0 Å². The minimum atomic E-state index is -0.878. The first-order valence-electron chi connectivity index (χ1n) is 6.78. The molecule has 5 nitrogen and oxygen atoms in total. The highest BCUT2D eigenvalue weighted by molar-refractivity contribution is 5.83. The van der Waals surface area contributed by atoms with Gasteiger partial charge >= 0.3 is 5.97 Å². The van der Waals surface area contributed by atoms with Gasteiger partial charge < -0.3 is 15.7 Å². The molecule has 3 N–H and O–H groups in total. The maximum Gasteiger partial charge on any atom is 0.326 e. The SMILES string of the molecule is CC(CN)CCC(=O)N1CCCCCC1C(=O)O. The number of rotatable bonds is 5. The molecule has 1 fully saturated rings. The zero-order valence-corrected chi connectivity index (χ0v) is 11.1. The van der Waals surface area contributed by atoms with E-state index in [1.807, 2.05) is 6.92 Å². The molecule has 0 aliphatic carbocycles. The molecule has 5 heteroatoms. The quantitative estimate of drug-likeness (QED) is 0.774. The Hall–Kier alpha value is -1.10. The summed E-state index contributed by atoms with van der Waals surface area (Å²) in [4.78, 5) is 24.9. The van der Waals surface area contributed by atoms with Crippen LogP contribution in [0.15, 0.2) is 0 Å². The monoisotopic (exact) mass is 256 g/mol. The molecule has 1 saturated heterocycles. The van der Waals surface area contributed by atoms with Gasteiger partial charge in [0.1, 0.15) is 6.04 Å². The number of carbonyl (C=O) groups is 2. The predicted molar refractivity (Wildman–Crippen MR) is 69.1 cm³/mol. The number of carboxylic acid groups (broad SMARTS) is 1. The lowest BCUT2D eigenvalue weighted by atomic mass is 10.0. The lowest BCUT2D eigenvalue weighted by molar-refractivity contribution is -0.150. The Labute approximate surface area is 108 Å². The van der Waals surface area contributed by atoms with Gasteiger partial charge in [-0.25, -0.2) is 4.79 Å². The molecule has 18 heavy (non-hydrogen) atoms. The van der Waals surface area contributed by atoms with Gasteiger partial charge in [0, 0.05) is 13.0 Å². The number of carboxylic acids is 1. The Morgan fingerprint density at radius 2 is 2.11 bits per heavy atom. The number of amides is 1. The van der Waals surface area contributed by atoms with Crippen LogP contribution in [0, 0.1) is 5.92 Å². The first kappa shape index (κ1) is 15.0. The summed E-state index contributed by atoms with van der Waals surface area (Å²) in [5.74, 6) is -0.606. The summed E-state index contributed by atoms with van der Waals surface area (Å²) >= 11 is 0. The Kier molecular flexibility index (Phi) is 6.12. The van der Waals surface area contributed by atoms with E-state index in [9.17, 15) is 14.7 Å². The van der Waals surface area contributed by atoms with E-state index in [1.165, 1.54) is 0 Å². The van der Waals surface area contributed by atoms with E-state index in [2.05, 4.69) is 0 Å². The highest BCUT2D eigenvalue weighted by Crippen LogP contribution is 2.19. The number of carbonyl (C=O) groups excluding carboxylic acids is 1. The summed E-state index contributed by atoms with van der Waals surface area (Å²) < 4.78 is 0. The second-order valence-corrected chi connectivity index (χ2v) is 5.17. The second kappa shape index (κ2) is 7.36. The molecular formula is C13H24N2O3. The third-order valence-electron chi connectivity index (χ3n) is 3.61. The van der Waals surface area contributed by atoms with Crippen molar-refractivity contribution in [1.29, 1.82) is 0 Å². The standard InChI is InChI=1S/C13H24N2O3/c1-10(9-14)6-7-12(16)15-8-4-2-3-5-11(15)13(17)18/h10-11H,2-9,14H2,1H3,(H,17,18). The minimum Gasteiger partial charge on any atom is -0.480 e. The van der Waals surface area contributed by atoms with E-state index >= 15 is 0 Å². The fourth-order valence-corrected chi connectivity index (χ4v) is 2.29. The molecule has 0 bridgehead atoms. The second-order valence-electron chi connectivity index (χ2n) is 5.17. The molecular weight excluding hydrogens is 232 g/mol. The average molecular weight is 256 g/mol. The Bertz CT molecular complexity index is 294. The van der Waals surface area contributed by atoms with Crippen molar-refractivity contribution in [3.63, 3.8) is 0 Å². The van der Waals surface area contributed by atoms with Crippen molar-refractivity contribution in [2.75, 3.05) is 13.1 Å².